The largest absolute Gasteiger partial charge is 0.360 e. The summed E-state index contributed by atoms with van der Waals surface area (Å²) in [7, 11) is 0. The van der Waals surface area contributed by atoms with E-state index in [0.29, 0.717) is 0 Å². The van der Waals surface area contributed by atoms with E-state index in [0.717, 1.165) is 11.2 Å². The summed E-state index contributed by atoms with van der Waals surface area (Å²) in [5, 5.41) is 1.20. The molecule has 0 atom stereocenters. The molecule has 0 saturated carbocycles. The Morgan fingerprint density at radius 1 is 1.12 bits per heavy atom. The maximum absolute atomic E-state index is 4.48. The molecule has 16 heavy (non-hydrogen) atoms. The molecule has 3 aromatic rings. The fourth-order valence-corrected chi connectivity index (χ4v) is 1.96. The Morgan fingerprint density at radius 3 is 2.88 bits per heavy atom. The Bertz CT molecular complexity index is 638. The van der Waals surface area contributed by atoms with Crippen LogP contribution in [0.4, 0.5) is 0 Å². The van der Waals surface area contributed by atoms with E-state index in [1.165, 1.54) is 16.5 Å². The standard InChI is InChI=1S/C14H12N2/c1-10-4-2-3-5-12(10)13-8-11-6-7-15-14(11)9-16-13/h2-9,15H,1H3. The van der Waals surface area contributed by atoms with Gasteiger partial charge in [0.2, 0.25) is 0 Å². The van der Waals surface area contributed by atoms with E-state index < -0.39 is 0 Å². The highest BCUT2D eigenvalue weighted by molar-refractivity contribution is 5.83. The number of aromatic amines is 1. The van der Waals surface area contributed by atoms with Crippen LogP contribution in [-0.4, -0.2) is 9.97 Å². The fraction of sp³-hybridized carbons (Fsp3) is 0.0714. The molecule has 0 bridgehead atoms. The Hall–Kier alpha value is -2.09. The number of hydrogen-bond acceptors (Lipinski definition) is 1. The number of H-pyrrole nitrogens is 1. The lowest BCUT2D eigenvalue weighted by atomic mass is 10.0. The van der Waals surface area contributed by atoms with Crippen LogP contribution in [0.25, 0.3) is 22.2 Å². The van der Waals surface area contributed by atoms with Gasteiger partial charge < -0.3 is 4.98 Å². The van der Waals surface area contributed by atoms with Crippen LogP contribution in [0.5, 0.6) is 0 Å². The van der Waals surface area contributed by atoms with E-state index in [2.05, 4.69) is 41.2 Å². The molecule has 0 saturated heterocycles. The van der Waals surface area contributed by atoms with Gasteiger partial charge in [0.1, 0.15) is 0 Å². The van der Waals surface area contributed by atoms with Gasteiger partial charge >= 0.3 is 0 Å². The molecule has 0 aliphatic carbocycles. The van der Waals surface area contributed by atoms with Gasteiger partial charge in [-0.25, -0.2) is 0 Å². The summed E-state index contributed by atoms with van der Waals surface area (Å²) in [5.41, 5.74) is 4.57. The van der Waals surface area contributed by atoms with Crippen molar-refractivity contribution in [1.29, 1.82) is 0 Å². The van der Waals surface area contributed by atoms with E-state index in [1.807, 2.05) is 24.5 Å². The highest BCUT2D eigenvalue weighted by atomic mass is 14.7. The lowest BCUT2D eigenvalue weighted by Crippen LogP contribution is -1.86. The van der Waals surface area contributed by atoms with Crippen molar-refractivity contribution in [2.75, 3.05) is 0 Å². The number of pyridine rings is 1. The van der Waals surface area contributed by atoms with Crippen molar-refractivity contribution in [1.82, 2.24) is 9.97 Å². The number of benzene rings is 1. The monoisotopic (exact) mass is 208 g/mol. The van der Waals surface area contributed by atoms with E-state index in [-0.39, 0.29) is 0 Å². The number of aryl methyl sites for hydroxylation is 1. The van der Waals surface area contributed by atoms with Crippen LogP contribution in [0.3, 0.4) is 0 Å². The molecule has 2 aromatic heterocycles. The summed E-state index contributed by atoms with van der Waals surface area (Å²) in [4.78, 5) is 7.63. The molecule has 2 heterocycles. The number of hydrogen-bond donors (Lipinski definition) is 1. The molecule has 0 spiro atoms. The molecule has 0 aliphatic rings. The SMILES string of the molecule is Cc1ccccc1-c1cc2cc[nH]c2cn1. The van der Waals surface area contributed by atoms with E-state index in [4.69, 9.17) is 0 Å². The van der Waals surface area contributed by atoms with Crippen molar-refractivity contribution in [2.45, 2.75) is 6.92 Å². The topological polar surface area (TPSA) is 28.7 Å². The molecule has 3 rings (SSSR count). The minimum atomic E-state index is 1.03. The van der Waals surface area contributed by atoms with Gasteiger partial charge in [-0.3, -0.25) is 4.98 Å². The second-order valence-corrected chi connectivity index (χ2v) is 3.95. The summed E-state index contributed by atoms with van der Waals surface area (Å²) in [5.74, 6) is 0. The highest BCUT2D eigenvalue weighted by Crippen LogP contribution is 2.23. The fourth-order valence-electron chi connectivity index (χ4n) is 1.96. The summed E-state index contributed by atoms with van der Waals surface area (Å²) < 4.78 is 0. The predicted molar refractivity (Wildman–Crippen MR) is 66.3 cm³/mol. The highest BCUT2D eigenvalue weighted by Gasteiger charge is 2.03. The zero-order valence-corrected chi connectivity index (χ0v) is 9.07. The first-order valence-corrected chi connectivity index (χ1v) is 5.34. The Morgan fingerprint density at radius 2 is 2.00 bits per heavy atom. The average Bonchev–Trinajstić information content (AvgIpc) is 2.76. The third-order valence-corrected chi connectivity index (χ3v) is 2.86. The molecule has 2 nitrogen and oxygen atoms in total. The maximum Gasteiger partial charge on any atom is 0.0712 e. The second-order valence-electron chi connectivity index (χ2n) is 3.95. The zero-order chi connectivity index (χ0) is 11.0. The third kappa shape index (κ3) is 1.39. The molecule has 0 radical (unpaired) electrons. The number of aromatic nitrogens is 2. The van der Waals surface area contributed by atoms with Crippen molar-refractivity contribution in [3.8, 4) is 11.3 Å². The summed E-state index contributed by atoms with van der Waals surface area (Å²) in [6, 6.07) is 12.5. The van der Waals surface area contributed by atoms with Gasteiger partial charge in [0, 0.05) is 17.1 Å². The predicted octanol–water partition coefficient (Wildman–Crippen LogP) is 3.54. The molecular weight excluding hydrogens is 196 g/mol. The van der Waals surface area contributed by atoms with Crippen LogP contribution in [0, 0.1) is 6.92 Å². The van der Waals surface area contributed by atoms with Gasteiger partial charge in [-0.2, -0.15) is 0 Å². The minimum Gasteiger partial charge on any atom is -0.360 e. The molecule has 2 heteroatoms. The molecule has 0 unspecified atom stereocenters. The van der Waals surface area contributed by atoms with Crippen molar-refractivity contribution >= 4 is 10.9 Å². The first kappa shape index (κ1) is 9.16. The lowest BCUT2D eigenvalue weighted by molar-refractivity contribution is 1.32. The zero-order valence-electron chi connectivity index (χ0n) is 9.07. The number of nitrogens with one attached hydrogen (secondary N) is 1. The van der Waals surface area contributed by atoms with Crippen LogP contribution < -0.4 is 0 Å². The smallest absolute Gasteiger partial charge is 0.0712 e. The van der Waals surface area contributed by atoms with Crippen molar-refractivity contribution in [3.63, 3.8) is 0 Å². The molecule has 0 amide bonds. The summed E-state index contributed by atoms with van der Waals surface area (Å²) >= 11 is 0. The van der Waals surface area contributed by atoms with Gasteiger partial charge in [0.25, 0.3) is 0 Å². The summed E-state index contributed by atoms with van der Waals surface area (Å²) in [6.07, 6.45) is 3.82. The quantitative estimate of drug-likeness (QED) is 0.651. The molecular formula is C14H12N2. The van der Waals surface area contributed by atoms with Crippen molar-refractivity contribution < 1.29 is 0 Å². The van der Waals surface area contributed by atoms with E-state index in [9.17, 15) is 0 Å². The number of nitrogens with zero attached hydrogens (tertiary/aromatic N) is 1. The van der Waals surface area contributed by atoms with E-state index >= 15 is 0 Å². The molecule has 0 aliphatic heterocycles. The molecule has 0 fully saturated rings. The Kier molecular flexibility index (Phi) is 2.00. The van der Waals surface area contributed by atoms with Gasteiger partial charge in [-0.1, -0.05) is 24.3 Å². The normalized spacial score (nSPS) is 10.8. The first-order valence-electron chi connectivity index (χ1n) is 5.34. The van der Waals surface area contributed by atoms with Crippen molar-refractivity contribution in [2.24, 2.45) is 0 Å². The average molecular weight is 208 g/mol. The molecule has 1 N–H and O–H groups in total. The van der Waals surface area contributed by atoms with E-state index in [1.54, 1.807) is 0 Å². The minimum absolute atomic E-state index is 1.03. The van der Waals surface area contributed by atoms with Crippen LogP contribution in [-0.2, 0) is 0 Å². The van der Waals surface area contributed by atoms with Crippen LogP contribution in [0.15, 0.2) is 48.8 Å². The van der Waals surface area contributed by atoms with Crippen LogP contribution in [0.1, 0.15) is 5.56 Å². The van der Waals surface area contributed by atoms with Crippen LogP contribution in [0.2, 0.25) is 0 Å². The summed E-state index contributed by atoms with van der Waals surface area (Å²) in [6.45, 7) is 2.11. The first-order chi connectivity index (χ1) is 7.84. The van der Waals surface area contributed by atoms with Gasteiger partial charge in [-0.15, -0.1) is 0 Å². The molecule has 78 valence electrons. The second kappa shape index (κ2) is 3.49. The van der Waals surface area contributed by atoms with Crippen molar-refractivity contribution in [3.05, 3.63) is 54.4 Å². The Labute approximate surface area is 94.0 Å². The Balaban J connectivity index is 2.22. The number of fused-ring (bicyclic) bond motifs is 1. The van der Waals surface area contributed by atoms with Crippen LogP contribution >= 0.6 is 0 Å². The maximum atomic E-state index is 4.48. The van der Waals surface area contributed by atoms with Gasteiger partial charge in [0.05, 0.1) is 17.4 Å². The lowest BCUT2D eigenvalue weighted by Gasteiger charge is -2.04. The van der Waals surface area contributed by atoms with Gasteiger partial charge in [-0.05, 0) is 24.6 Å². The third-order valence-electron chi connectivity index (χ3n) is 2.86. The molecule has 1 aromatic carbocycles. The van der Waals surface area contributed by atoms with Gasteiger partial charge in [0.15, 0.2) is 0 Å². The number of rotatable bonds is 1.